The number of halogens is 1. The molecule has 0 radical (unpaired) electrons. The molecule has 14 heavy (non-hydrogen) atoms. The predicted molar refractivity (Wildman–Crippen MR) is 58.3 cm³/mol. The molecule has 0 fully saturated rings. The fraction of sp³-hybridized carbons (Fsp3) is 0.0833. The number of benzene rings is 2. The summed E-state index contributed by atoms with van der Waals surface area (Å²) < 4.78 is 0. The van der Waals surface area contributed by atoms with Gasteiger partial charge in [0.25, 0.3) is 0 Å². The molecule has 2 rings (SSSR count). The quantitative estimate of drug-likeness (QED) is 0.692. The molecule has 0 aliphatic carbocycles. The topological polar surface area (TPSA) is 23.8 Å². The van der Waals surface area contributed by atoms with Crippen molar-refractivity contribution in [3.63, 3.8) is 0 Å². The monoisotopic (exact) mass is 201 g/mol. The first-order valence-electron chi connectivity index (χ1n) is 4.35. The zero-order valence-corrected chi connectivity index (χ0v) is 8.25. The van der Waals surface area contributed by atoms with E-state index in [1.165, 1.54) is 0 Å². The molecule has 2 aromatic carbocycles. The Kier molecular flexibility index (Phi) is 2.39. The fourth-order valence-corrected chi connectivity index (χ4v) is 1.72. The summed E-state index contributed by atoms with van der Waals surface area (Å²) in [6.07, 6.45) is 0.365. The van der Waals surface area contributed by atoms with Gasteiger partial charge in [0.15, 0.2) is 0 Å². The van der Waals surface area contributed by atoms with Crippen molar-refractivity contribution in [2.75, 3.05) is 0 Å². The lowest BCUT2D eigenvalue weighted by molar-refractivity contribution is 1.27. The van der Waals surface area contributed by atoms with Gasteiger partial charge >= 0.3 is 0 Å². The zero-order valence-electron chi connectivity index (χ0n) is 7.50. The second-order valence-electron chi connectivity index (χ2n) is 3.13. The van der Waals surface area contributed by atoms with Gasteiger partial charge < -0.3 is 0 Å². The van der Waals surface area contributed by atoms with Crippen molar-refractivity contribution >= 4 is 22.4 Å². The minimum Gasteiger partial charge on any atom is -0.198 e. The van der Waals surface area contributed by atoms with E-state index in [0.29, 0.717) is 11.4 Å². The highest BCUT2D eigenvalue weighted by Gasteiger charge is 2.01. The van der Waals surface area contributed by atoms with Gasteiger partial charge in [-0.05, 0) is 28.5 Å². The first-order chi connectivity index (χ1) is 6.81. The van der Waals surface area contributed by atoms with E-state index in [1.54, 1.807) is 0 Å². The van der Waals surface area contributed by atoms with Crippen molar-refractivity contribution in [2.24, 2.45) is 0 Å². The molecule has 2 heteroatoms. The summed E-state index contributed by atoms with van der Waals surface area (Å²) in [5.41, 5.74) is 0.896. The van der Waals surface area contributed by atoms with Gasteiger partial charge in [0.1, 0.15) is 0 Å². The maximum Gasteiger partial charge on any atom is 0.0670 e. The van der Waals surface area contributed by atoms with Crippen molar-refractivity contribution in [3.05, 3.63) is 47.0 Å². The highest BCUT2D eigenvalue weighted by Crippen LogP contribution is 2.24. The number of fused-ring (bicyclic) bond motifs is 1. The molecule has 0 amide bonds. The van der Waals surface area contributed by atoms with Crippen LogP contribution in [0.15, 0.2) is 36.4 Å². The van der Waals surface area contributed by atoms with Crippen LogP contribution in [0.3, 0.4) is 0 Å². The first-order valence-corrected chi connectivity index (χ1v) is 4.73. The minimum atomic E-state index is 0.365. The third-order valence-electron chi connectivity index (χ3n) is 2.18. The summed E-state index contributed by atoms with van der Waals surface area (Å²) in [5, 5.41) is 11.5. The van der Waals surface area contributed by atoms with Crippen molar-refractivity contribution < 1.29 is 0 Å². The Balaban J connectivity index is 2.66. The summed E-state index contributed by atoms with van der Waals surface area (Å²) in [4.78, 5) is 0. The molecule has 0 heterocycles. The smallest absolute Gasteiger partial charge is 0.0670 e. The second-order valence-corrected chi connectivity index (χ2v) is 3.53. The number of nitrogens with zero attached hydrogens (tertiary/aromatic N) is 1. The van der Waals surface area contributed by atoms with E-state index in [1.807, 2.05) is 36.4 Å². The van der Waals surface area contributed by atoms with Crippen LogP contribution >= 0.6 is 11.6 Å². The van der Waals surface area contributed by atoms with Gasteiger partial charge in [-0.3, -0.25) is 0 Å². The Morgan fingerprint density at radius 2 is 1.79 bits per heavy atom. The molecule has 68 valence electrons. The standard InChI is InChI=1S/C12H8ClN/c13-12-8-10-4-2-1-3-9(10)7-11(12)5-6-14/h1-4,7-8H,5H2. The Bertz CT molecular complexity index is 511. The van der Waals surface area contributed by atoms with Crippen LogP contribution in [0.4, 0.5) is 0 Å². The summed E-state index contributed by atoms with van der Waals surface area (Å²) in [7, 11) is 0. The van der Waals surface area contributed by atoms with E-state index in [0.717, 1.165) is 16.3 Å². The Labute approximate surface area is 87.5 Å². The molecule has 0 saturated carbocycles. The third kappa shape index (κ3) is 1.57. The Morgan fingerprint density at radius 1 is 1.14 bits per heavy atom. The van der Waals surface area contributed by atoms with Crippen LogP contribution < -0.4 is 0 Å². The van der Waals surface area contributed by atoms with E-state index < -0.39 is 0 Å². The van der Waals surface area contributed by atoms with Crippen LogP contribution in [0.2, 0.25) is 5.02 Å². The van der Waals surface area contributed by atoms with Gasteiger partial charge in [-0.2, -0.15) is 5.26 Å². The lowest BCUT2D eigenvalue weighted by Crippen LogP contribution is -1.84. The average molecular weight is 202 g/mol. The lowest BCUT2D eigenvalue weighted by Gasteiger charge is -2.02. The van der Waals surface area contributed by atoms with Crippen molar-refractivity contribution in [2.45, 2.75) is 6.42 Å². The Hall–Kier alpha value is -1.52. The zero-order chi connectivity index (χ0) is 9.97. The maximum atomic E-state index is 8.61. The molecular formula is C12H8ClN. The lowest BCUT2D eigenvalue weighted by atomic mass is 10.1. The van der Waals surface area contributed by atoms with Gasteiger partial charge in [-0.1, -0.05) is 35.9 Å². The van der Waals surface area contributed by atoms with Gasteiger partial charge in [0.05, 0.1) is 12.5 Å². The molecule has 2 aromatic rings. The van der Waals surface area contributed by atoms with E-state index in [9.17, 15) is 0 Å². The van der Waals surface area contributed by atoms with Crippen LogP contribution in [-0.4, -0.2) is 0 Å². The number of hydrogen-bond donors (Lipinski definition) is 0. The van der Waals surface area contributed by atoms with E-state index in [-0.39, 0.29) is 0 Å². The number of rotatable bonds is 1. The SMILES string of the molecule is N#CCc1cc2ccccc2cc1Cl. The van der Waals surface area contributed by atoms with Crippen LogP contribution in [0.1, 0.15) is 5.56 Å². The van der Waals surface area contributed by atoms with Crippen molar-refractivity contribution in [3.8, 4) is 6.07 Å². The highest BCUT2D eigenvalue weighted by atomic mass is 35.5. The van der Waals surface area contributed by atoms with Gasteiger partial charge in [-0.25, -0.2) is 0 Å². The van der Waals surface area contributed by atoms with Gasteiger partial charge in [0.2, 0.25) is 0 Å². The van der Waals surface area contributed by atoms with Crippen LogP contribution in [-0.2, 0) is 6.42 Å². The van der Waals surface area contributed by atoms with Gasteiger partial charge in [0, 0.05) is 5.02 Å². The molecule has 0 aromatic heterocycles. The van der Waals surface area contributed by atoms with Crippen LogP contribution in [0.5, 0.6) is 0 Å². The molecule has 0 unspecified atom stereocenters. The van der Waals surface area contributed by atoms with E-state index in [2.05, 4.69) is 6.07 Å². The largest absolute Gasteiger partial charge is 0.198 e. The number of nitriles is 1. The van der Waals surface area contributed by atoms with E-state index in [4.69, 9.17) is 16.9 Å². The predicted octanol–water partition coefficient (Wildman–Crippen LogP) is 3.56. The second kappa shape index (κ2) is 3.69. The van der Waals surface area contributed by atoms with Gasteiger partial charge in [-0.15, -0.1) is 0 Å². The maximum absolute atomic E-state index is 8.61. The molecule has 0 N–H and O–H groups in total. The molecule has 0 aliphatic heterocycles. The molecule has 0 aliphatic rings. The molecule has 1 nitrogen and oxygen atoms in total. The molecular weight excluding hydrogens is 194 g/mol. The summed E-state index contributed by atoms with van der Waals surface area (Å²) in [6, 6.07) is 14.0. The minimum absolute atomic E-state index is 0.365. The van der Waals surface area contributed by atoms with Crippen LogP contribution in [0.25, 0.3) is 10.8 Å². The van der Waals surface area contributed by atoms with E-state index >= 15 is 0 Å². The molecule has 0 spiro atoms. The fourth-order valence-electron chi connectivity index (χ4n) is 1.48. The molecule has 0 saturated heterocycles. The molecule has 0 atom stereocenters. The first kappa shape index (κ1) is 9.05. The van der Waals surface area contributed by atoms with Crippen LogP contribution in [0, 0.1) is 11.3 Å². The van der Waals surface area contributed by atoms with Crippen molar-refractivity contribution in [1.29, 1.82) is 5.26 Å². The normalized spacial score (nSPS) is 10.0. The Morgan fingerprint density at radius 3 is 2.43 bits per heavy atom. The van der Waals surface area contributed by atoms with Crippen molar-refractivity contribution in [1.82, 2.24) is 0 Å². The average Bonchev–Trinajstić information content (AvgIpc) is 2.19. The summed E-state index contributed by atoms with van der Waals surface area (Å²) in [6.45, 7) is 0. The highest BCUT2D eigenvalue weighted by molar-refractivity contribution is 6.32. The summed E-state index contributed by atoms with van der Waals surface area (Å²) in [5.74, 6) is 0. The number of hydrogen-bond acceptors (Lipinski definition) is 1. The summed E-state index contributed by atoms with van der Waals surface area (Å²) >= 11 is 6.03. The molecule has 0 bridgehead atoms. The third-order valence-corrected chi connectivity index (χ3v) is 2.54.